The molecule has 18 heavy (non-hydrogen) atoms. The maximum absolute atomic E-state index is 6.05. The van der Waals surface area contributed by atoms with Crippen LogP contribution in [0.1, 0.15) is 24.3 Å². The Kier molecular flexibility index (Phi) is 4.73. The largest absolute Gasteiger partial charge is 0.452 e. The summed E-state index contributed by atoms with van der Waals surface area (Å²) in [5.41, 5.74) is 1.02. The number of benzene rings is 1. The Morgan fingerprint density at radius 3 is 2.56 bits per heavy atom. The predicted molar refractivity (Wildman–Crippen MR) is 78.4 cm³/mol. The molecule has 1 N–H and O–H groups in total. The van der Waals surface area contributed by atoms with E-state index in [1.165, 1.54) is 0 Å². The van der Waals surface area contributed by atoms with E-state index < -0.39 is 0 Å². The average molecular weight is 349 g/mol. The topological polar surface area (TPSA) is 25.2 Å². The Balaban J connectivity index is 2.37. The van der Waals surface area contributed by atoms with Crippen LogP contribution in [0.3, 0.4) is 0 Å². The Hall–Kier alpha value is -0.480. The molecule has 2 aromatic rings. The summed E-state index contributed by atoms with van der Waals surface area (Å²) in [6.07, 6.45) is 0. The maximum Gasteiger partial charge on any atom is 0.169 e. The molecule has 1 unspecified atom stereocenters. The van der Waals surface area contributed by atoms with Gasteiger partial charge in [-0.05, 0) is 52.3 Å². The molecule has 1 heterocycles. The predicted octanol–water partition coefficient (Wildman–Crippen LogP) is 5.05. The monoisotopic (exact) mass is 347 g/mol. The first kappa shape index (κ1) is 13.9. The van der Waals surface area contributed by atoms with E-state index in [9.17, 15) is 0 Å². The first-order valence-corrected chi connectivity index (χ1v) is 7.10. The van der Waals surface area contributed by atoms with E-state index in [1.54, 1.807) is 6.07 Å². The third kappa shape index (κ3) is 3.09. The highest BCUT2D eigenvalue weighted by molar-refractivity contribution is 9.10. The van der Waals surface area contributed by atoms with E-state index >= 15 is 0 Å². The van der Waals surface area contributed by atoms with Crippen LogP contribution in [-0.2, 0) is 0 Å². The van der Waals surface area contributed by atoms with Crippen LogP contribution in [0.15, 0.2) is 39.4 Å². The molecule has 0 fully saturated rings. The molecule has 0 radical (unpaired) electrons. The Morgan fingerprint density at radius 2 is 2.00 bits per heavy atom. The quantitative estimate of drug-likeness (QED) is 0.836. The van der Waals surface area contributed by atoms with Gasteiger partial charge in [0, 0.05) is 0 Å². The van der Waals surface area contributed by atoms with Crippen molar-refractivity contribution in [1.29, 1.82) is 0 Å². The lowest BCUT2D eigenvalue weighted by Gasteiger charge is -2.16. The number of hydrogen-bond donors (Lipinski definition) is 1. The lowest BCUT2D eigenvalue weighted by atomic mass is 10.0. The molecule has 0 aliphatic carbocycles. The van der Waals surface area contributed by atoms with E-state index in [0.717, 1.165) is 17.9 Å². The normalized spacial score (nSPS) is 12.7. The van der Waals surface area contributed by atoms with Crippen molar-refractivity contribution in [3.63, 3.8) is 0 Å². The van der Waals surface area contributed by atoms with Gasteiger partial charge in [0.2, 0.25) is 0 Å². The van der Waals surface area contributed by atoms with Crippen LogP contribution < -0.4 is 5.32 Å². The van der Waals surface area contributed by atoms with Gasteiger partial charge in [0.15, 0.2) is 4.67 Å². The van der Waals surface area contributed by atoms with Crippen molar-refractivity contribution in [2.75, 3.05) is 6.54 Å². The Morgan fingerprint density at radius 1 is 1.22 bits per heavy atom. The zero-order valence-corrected chi connectivity index (χ0v) is 12.8. The summed E-state index contributed by atoms with van der Waals surface area (Å²) in [4.78, 5) is 0. The number of hydrogen-bond acceptors (Lipinski definition) is 2. The zero-order chi connectivity index (χ0) is 13.1. The molecule has 0 aliphatic rings. The van der Waals surface area contributed by atoms with Crippen LogP contribution in [0.25, 0.3) is 0 Å². The summed E-state index contributed by atoms with van der Waals surface area (Å²) >= 11 is 15.3. The molecule has 0 bridgehead atoms. The second kappa shape index (κ2) is 6.11. The lowest BCUT2D eigenvalue weighted by molar-refractivity contribution is 0.437. The standard InChI is InChI=1S/C13H12BrCl2NO/c1-2-17-13(11-5-6-12(14)18-11)8-3-4-9(15)10(16)7-8/h3-7,13,17H,2H2,1H3. The minimum Gasteiger partial charge on any atom is -0.452 e. The molecule has 0 saturated carbocycles. The molecule has 96 valence electrons. The van der Waals surface area contributed by atoms with Gasteiger partial charge in [-0.15, -0.1) is 0 Å². The van der Waals surface area contributed by atoms with Gasteiger partial charge in [0.1, 0.15) is 5.76 Å². The zero-order valence-electron chi connectivity index (χ0n) is 9.71. The van der Waals surface area contributed by atoms with Crippen LogP contribution in [0.4, 0.5) is 0 Å². The first-order valence-electron chi connectivity index (χ1n) is 5.55. The average Bonchev–Trinajstić information content (AvgIpc) is 2.76. The van der Waals surface area contributed by atoms with Crippen LogP contribution in [0.2, 0.25) is 10.0 Å². The van der Waals surface area contributed by atoms with Crippen molar-refractivity contribution in [1.82, 2.24) is 5.32 Å². The van der Waals surface area contributed by atoms with Gasteiger partial charge in [0.05, 0.1) is 16.1 Å². The molecule has 0 amide bonds. The molecule has 2 rings (SSSR count). The van der Waals surface area contributed by atoms with Crippen molar-refractivity contribution < 1.29 is 4.42 Å². The van der Waals surface area contributed by atoms with Crippen molar-refractivity contribution in [2.45, 2.75) is 13.0 Å². The minimum absolute atomic E-state index is 0.0314. The van der Waals surface area contributed by atoms with Gasteiger partial charge in [-0.2, -0.15) is 0 Å². The second-order valence-electron chi connectivity index (χ2n) is 3.81. The summed E-state index contributed by atoms with van der Waals surface area (Å²) < 4.78 is 6.31. The molecule has 1 atom stereocenters. The van der Waals surface area contributed by atoms with E-state index in [0.29, 0.717) is 14.7 Å². The molecule has 1 aromatic heterocycles. The van der Waals surface area contributed by atoms with Crippen LogP contribution in [-0.4, -0.2) is 6.54 Å². The van der Waals surface area contributed by atoms with E-state index in [2.05, 4.69) is 21.2 Å². The van der Waals surface area contributed by atoms with Crippen LogP contribution in [0, 0.1) is 0 Å². The van der Waals surface area contributed by atoms with Gasteiger partial charge in [0.25, 0.3) is 0 Å². The number of halogens is 3. The molecule has 0 spiro atoms. The van der Waals surface area contributed by atoms with Gasteiger partial charge >= 0.3 is 0 Å². The molecular weight excluding hydrogens is 337 g/mol. The highest BCUT2D eigenvalue weighted by atomic mass is 79.9. The van der Waals surface area contributed by atoms with Crippen molar-refractivity contribution in [3.8, 4) is 0 Å². The fraction of sp³-hybridized carbons (Fsp3) is 0.231. The maximum atomic E-state index is 6.05. The highest BCUT2D eigenvalue weighted by Crippen LogP contribution is 2.30. The smallest absolute Gasteiger partial charge is 0.169 e. The first-order chi connectivity index (χ1) is 8.61. The van der Waals surface area contributed by atoms with Gasteiger partial charge < -0.3 is 9.73 Å². The molecule has 0 aliphatic heterocycles. The second-order valence-corrected chi connectivity index (χ2v) is 5.40. The molecular formula is C13H12BrCl2NO. The fourth-order valence-electron chi connectivity index (χ4n) is 1.76. The van der Waals surface area contributed by atoms with Gasteiger partial charge in [-0.1, -0.05) is 36.2 Å². The third-order valence-corrected chi connectivity index (χ3v) is 3.73. The number of nitrogens with one attached hydrogen (secondary N) is 1. The lowest BCUT2D eigenvalue weighted by Crippen LogP contribution is -2.21. The van der Waals surface area contributed by atoms with Gasteiger partial charge in [-0.25, -0.2) is 0 Å². The van der Waals surface area contributed by atoms with Crippen molar-refractivity contribution in [3.05, 3.63) is 56.4 Å². The third-order valence-electron chi connectivity index (χ3n) is 2.56. The summed E-state index contributed by atoms with van der Waals surface area (Å²) in [6.45, 7) is 2.87. The number of furan rings is 1. The van der Waals surface area contributed by atoms with E-state index in [-0.39, 0.29) is 6.04 Å². The van der Waals surface area contributed by atoms with E-state index in [4.69, 9.17) is 27.6 Å². The van der Waals surface area contributed by atoms with Gasteiger partial charge in [-0.3, -0.25) is 0 Å². The Labute approximate surface area is 124 Å². The number of rotatable bonds is 4. The van der Waals surface area contributed by atoms with Crippen molar-refractivity contribution >= 4 is 39.1 Å². The van der Waals surface area contributed by atoms with Crippen LogP contribution in [0.5, 0.6) is 0 Å². The summed E-state index contributed by atoms with van der Waals surface area (Å²) in [6, 6.07) is 9.36. The summed E-state index contributed by atoms with van der Waals surface area (Å²) in [5, 5.41) is 4.46. The molecule has 0 saturated heterocycles. The van der Waals surface area contributed by atoms with Crippen LogP contribution >= 0.6 is 39.1 Å². The fourth-order valence-corrected chi connectivity index (χ4v) is 2.39. The molecule has 2 nitrogen and oxygen atoms in total. The Bertz CT molecular complexity index is 542. The summed E-state index contributed by atoms with van der Waals surface area (Å²) in [5.74, 6) is 0.835. The SMILES string of the molecule is CCNC(c1ccc(Cl)c(Cl)c1)c1ccc(Br)o1. The molecule has 1 aromatic carbocycles. The minimum atomic E-state index is -0.0314. The van der Waals surface area contributed by atoms with E-state index in [1.807, 2.05) is 31.2 Å². The molecule has 5 heteroatoms. The van der Waals surface area contributed by atoms with Crippen molar-refractivity contribution in [2.24, 2.45) is 0 Å². The highest BCUT2D eigenvalue weighted by Gasteiger charge is 2.17. The summed E-state index contributed by atoms with van der Waals surface area (Å²) in [7, 11) is 0.